The number of nitrogen functional groups attached to an aromatic ring is 1. The highest BCUT2D eigenvalue weighted by Crippen LogP contribution is 2.36. The summed E-state index contributed by atoms with van der Waals surface area (Å²) in [6.45, 7) is 12.6. The van der Waals surface area contributed by atoms with Crippen molar-refractivity contribution in [3.8, 4) is 28.8 Å². The summed E-state index contributed by atoms with van der Waals surface area (Å²) in [4.78, 5) is 25.0. The molecule has 5 heterocycles. The Kier molecular flexibility index (Phi) is 8.88. The lowest BCUT2D eigenvalue weighted by Crippen LogP contribution is -2.66. The van der Waals surface area contributed by atoms with Crippen LogP contribution in [0.4, 0.5) is 5.82 Å². The number of aromatic nitrogens is 3. The minimum atomic E-state index is -0.446. The van der Waals surface area contributed by atoms with Gasteiger partial charge in [0.15, 0.2) is 0 Å². The first kappa shape index (κ1) is 32.8. The van der Waals surface area contributed by atoms with Crippen LogP contribution >= 0.6 is 0 Å². The van der Waals surface area contributed by atoms with Crippen LogP contribution in [-0.2, 0) is 9.53 Å². The van der Waals surface area contributed by atoms with Crippen LogP contribution in [0.25, 0.3) is 22.2 Å². The standard InChI is InChI=1S/C38H44N8O3/c1-37(2,44-18-20-45(21-19-44)38(3)25-48-26-38)22-28(23-39)36(47)43-17-7-8-29(24-43)46-32-15-16-41-35(40)33(32)34(42-46)27-11-13-31(14-12-27)49-30-9-5-4-6-10-30/h4-6,9-16,22,29H,7-8,17-21,24-26H2,1-3H3,(H2,40,41)/t29-/m1/s1. The maximum Gasteiger partial charge on any atom is 0.264 e. The number of ether oxygens (including phenoxy) is 2. The molecular weight excluding hydrogens is 616 g/mol. The molecular formula is C38H44N8O3. The predicted molar refractivity (Wildman–Crippen MR) is 189 cm³/mol. The van der Waals surface area contributed by atoms with Gasteiger partial charge in [-0.25, -0.2) is 4.98 Å². The van der Waals surface area contributed by atoms with E-state index in [1.54, 1.807) is 6.20 Å². The van der Waals surface area contributed by atoms with Crippen molar-refractivity contribution in [2.45, 2.75) is 50.7 Å². The second-order valence-electron chi connectivity index (χ2n) is 14.2. The minimum absolute atomic E-state index is 0.0886. The van der Waals surface area contributed by atoms with Crippen LogP contribution < -0.4 is 10.5 Å². The van der Waals surface area contributed by atoms with E-state index in [1.807, 2.05) is 76.3 Å². The average molecular weight is 661 g/mol. The van der Waals surface area contributed by atoms with Gasteiger partial charge in [-0.05, 0) is 82.2 Å². The van der Waals surface area contributed by atoms with E-state index < -0.39 is 5.54 Å². The number of pyridine rings is 1. The normalized spacial score (nSPS) is 20.5. The molecule has 0 spiro atoms. The van der Waals surface area contributed by atoms with Crippen molar-refractivity contribution in [2.75, 3.05) is 58.2 Å². The zero-order valence-corrected chi connectivity index (χ0v) is 28.5. The Morgan fingerprint density at radius 1 is 1.04 bits per heavy atom. The lowest BCUT2D eigenvalue weighted by molar-refractivity contribution is -0.142. The number of carbonyl (C=O) groups is 1. The van der Waals surface area contributed by atoms with Crippen molar-refractivity contribution in [1.29, 1.82) is 5.26 Å². The van der Waals surface area contributed by atoms with Gasteiger partial charge in [-0.15, -0.1) is 0 Å². The van der Waals surface area contributed by atoms with Crippen LogP contribution in [0.1, 0.15) is 39.7 Å². The number of hydrogen-bond donors (Lipinski definition) is 1. The molecule has 0 aliphatic carbocycles. The summed E-state index contributed by atoms with van der Waals surface area (Å²) in [5.74, 6) is 1.65. The number of anilines is 1. The quantitative estimate of drug-likeness (QED) is 0.199. The molecule has 254 valence electrons. The number of piperidine rings is 1. The molecule has 0 radical (unpaired) electrons. The van der Waals surface area contributed by atoms with Crippen LogP contribution in [0.15, 0.2) is 78.5 Å². The van der Waals surface area contributed by atoms with Crippen molar-refractivity contribution < 1.29 is 14.3 Å². The number of carbonyl (C=O) groups excluding carboxylic acids is 1. The Morgan fingerprint density at radius 3 is 2.43 bits per heavy atom. The van der Waals surface area contributed by atoms with Crippen molar-refractivity contribution in [3.63, 3.8) is 0 Å². The van der Waals surface area contributed by atoms with E-state index in [1.165, 1.54) is 0 Å². The van der Waals surface area contributed by atoms with E-state index in [9.17, 15) is 10.1 Å². The van der Waals surface area contributed by atoms with Gasteiger partial charge in [-0.1, -0.05) is 18.2 Å². The zero-order chi connectivity index (χ0) is 34.2. The Hall–Kier alpha value is -4.76. The summed E-state index contributed by atoms with van der Waals surface area (Å²) >= 11 is 0. The number of piperazine rings is 1. The van der Waals surface area contributed by atoms with Crippen molar-refractivity contribution >= 4 is 22.6 Å². The Morgan fingerprint density at radius 2 is 1.76 bits per heavy atom. The summed E-state index contributed by atoms with van der Waals surface area (Å²) < 4.78 is 13.5. The summed E-state index contributed by atoms with van der Waals surface area (Å²) in [6.07, 6.45) is 5.20. The molecule has 1 atom stereocenters. The number of nitrogens with two attached hydrogens (primary N) is 1. The second kappa shape index (κ2) is 13.3. The number of rotatable bonds is 8. The van der Waals surface area contributed by atoms with E-state index in [-0.39, 0.29) is 23.1 Å². The van der Waals surface area contributed by atoms with E-state index in [2.05, 4.69) is 41.6 Å². The Bertz CT molecular complexity index is 1880. The molecule has 2 aromatic heterocycles. The summed E-state index contributed by atoms with van der Waals surface area (Å²) in [5, 5.41) is 16.1. The third-order valence-electron chi connectivity index (χ3n) is 10.3. The smallest absolute Gasteiger partial charge is 0.264 e. The zero-order valence-electron chi connectivity index (χ0n) is 28.5. The highest BCUT2D eigenvalue weighted by atomic mass is 16.5. The molecule has 2 N–H and O–H groups in total. The predicted octanol–water partition coefficient (Wildman–Crippen LogP) is 5.27. The van der Waals surface area contributed by atoms with E-state index in [0.717, 1.165) is 85.9 Å². The first-order chi connectivity index (χ1) is 23.6. The van der Waals surface area contributed by atoms with Crippen LogP contribution in [0.2, 0.25) is 0 Å². The van der Waals surface area contributed by atoms with Crippen molar-refractivity contribution in [2.24, 2.45) is 0 Å². The number of likely N-dealkylation sites (tertiary alicyclic amines) is 1. The SMILES string of the molecule is CC(C)(C=C(C#N)C(=O)N1CCC[C@@H](n2nc(-c3ccc(Oc4ccccc4)cc3)c3c(N)nccc32)C1)N1CCN(C2(C)COC2)CC1. The molecule has 4 aromatic rings. The van der Waals surface area contributed by atoms with E-state index >= 15 is 0 Å². The van der Waals surface area contributed by atoms with Gasteiger partial charge in [0, 0.05) is 56.6 Å². The molecule has 0 bridgehead atoms. The molecule has 2 aromatic carbocycles. The fourth-order valence-corrected chi connectivity index (χ4v) is 7.40. The maximum atomic E-state index is 13.9. The lowest BCUT2D eigenvalue weighted by Gasteiger charge is -2.52. The van der Waals surface area contributed by atoms with Crippen LogP contribution in [0, 0.1) is 11.3 Å². The lowest BCUT2D eigenvalue weighted by atomic mass is 9.94. The summed E-state index contributed by atoms with van der Waals surface area (Å²) in [7, 11) is 0. The van der Waals surface area contributed by atoms with Gasteiger partial charge in [0.1, 0.15) is 34.7 Å². The van der Waals surface area contributed by atoms with Crippen LogP contribution in [0.5, 0.6) is 11.5 Å². The number of fused-ring (bicyclic) bond motifs is 1. The van der Waals surface area contributed by atoms with Gasteiger partial charge in [0.2, 0.25) is 0 Å². The van der Waals surface area contributed by atoms with Gasteiger partial charge < -0.3 is 20.1 Å². The van der Waals surface area contributed by atoms with Gasteiger partial charge in [0.25, 0.3) is 5.91 Å². The number of amides is 1. The molecule has 3 fully saturated rings. The molecule has 0 saturated carbocycles. The van der Waals surface area contributed by atoms with Gasteiger partial charge in [-0.3, -0.25) is 19.3 Å². The molecule has 11 heteroatoms. The van der Waals surface area contributed by atoms with Gasteiger partial charge >= 0.3 is 0 Å². The largest absolute Gasteiger partial charge is 0.457 e. The average Bonchev–Trinajstić information content (AvgIpc) is 3.51. The minimum Gasteiger partial charge on any atom is -0.457 e. The third-order valence-corrected chi connectivity index (χ3v) is 10.3. The molecule has 3 saturated heterocycles. The third kappa shape index (κ3) is 6.52. The number of para-hydroxylation sites is 1. The topological polar surface area (TPSA) is 126 Å². The monoisotopic (exact) mass is 660 g/mol. The van der Waals surface area contributed by atoms with E-state index in [0.29, 0.717) is 18.9 Å². The summed E-state index contributed by atoms with van der Waals surface area (Å²) in [6, 6.07) is 21.5. The van der Waals surface area contributed by atoms with Gasteiger partial charge in [-0.2, -0.15) is 10.4 Å². The first-order valence-corrected chi connectivity index (χ1v) is 17.1. The fourth-order valence-electron chi connectivity index (χ4n) is 7.40. The van der Waals surface area contributed by atoms with Crippen molar-refractivity contribution in [1.82, 2.24) is 29.5 Å². The van der Waals surface area contributed by atoms with Crippen LogP contribution in [0.3, 0.4) is 0 Å². The molecule has 3 aliphatic heterocycles. The second-order valence-corrected chi connectivity index (χ2v) is 14.2. The van der Waals surface area contributed by atoms with Crippen molar-refractivity contribution in [3.05, 3.63) is 78.5 Å². The number of benzene rings is 2. The number of hydrogen-bond acceptors (Lipinski definition) is 9. The summed E-state index contributed by atoms with van der Waals surface area (Å²) in [5.41, 5.74) is 8.80. The molecule has 0 unspecified atom stereocenters. The van der Waals surface area contributed by atoms with E-state index in [4.69, 9.17) is 20.3 Å². The number of nitrogens with zero attached hydrogens (tertiary/aromatic N) is 7. The van der Waals surface area contributed by atoms with Crippen LogP contribution in [-0.4, -0.2) is 98.9 Å². The van der Waals surface area contributed by atoms with Gasteiger partial charge in [0.05, 0.1) is 35.7 Å². The highest BCUT2D eigenvalue weighted by molar-refractivity contribution is 6.00. The molecule has 11 nitrogen and oxygen atoms in total. The molecule has 1 amide bonds. The Labute approximate surface area is 287 Å². The molecule has 3 aliphatic rings. The maximum absolute atomic E-state index is 13.9. The molecule has 49 heavy (non-hydrogen) atoms. The Balaban J connectivity index is 1.09. The fraction of sp³-hybridized carbons (Fsp3) is 0.421. The highest BCUT2D eigenvalue weighted by Gasteiger charge is 2.42. The number of nitriles is 1. The molecule has 7 rings (SSSR count). The first-order valence-electron chi connectivity index (χ1n) is 17.1.